The Hall–Kier alpha value is -3.95. The van der Waals surface area contributed by atoms with E-state index in [1.54, 1.807) is 30.4 Å². The van der Waals surface area contributed by atoms with Crippen molar-refractivity contribution in [1.82, 2.24) is 9.88 Å². The van der Waals surface area contributed by atoms with Crippen LogP contribution in [0.4, 0.5) is 10.2 Å². The third kappa shape index (κ3) is 6.43. The number of carbonyl (C=O) groups is 1. The van der Waals surface area contributed by atoms with Crippen molar-refractivity contribution in [2.45, 2.75) is 52.5 Å². The third-order valence-electron chi connectivity index (χ3n) is 7.24. The van der Waals surface area contributed by atoms with Crippen molar-refractivity contribution in [2.24, 2.45) is 0 Å². The smallest absolute Gasteiger partial charge is 0.254 e. The van der Waals surface area contributed by atoms with Gasteiger partial charge in [0.15, 0.2) is 0 Å². The average Bonchev–Trinajstić information content (AvgIpc) is 3.15. The lowest BCUT2D eigenvalue weighted by molar-refractivity contribution is 0.0669. The maximum Gasteiger partial charge on any atom is 0.254 e. The van der Waals surface area contributed by atoms with Gasteiger partial charge in [-0.2, -0.15) is 5.26 Å². The van der Waals surface area contributed by atoms with Gasteiger partial charge < -0.3 is 10.2 Å². The van der Waals surface area contributed by atoms with Crippen LogP contribution in [0.2, 0.25) is 0 Å². The maximum atomic E-state index is 14.8. The molecule has 2 aromatic carbocycles. The van der Waals surface area contributed by atoms with Gasteiger partial charge in [-0.1, -0.05) is 62.7 Å². The van der Waals surface area contributed by atoms with Crippen molar-refractivity contribution < 1.29 is 9.18 Å². The summed E-state index contributed by atoms with van der Waals surface area (Å²) >= 11 is 6.06. The number of halogens is 2. The number of nitrogens with one attached hydrogen (secondary N) is 1. The van der Waals surface area contributed by atoms with Gasteiger partial charge >= 0.3 is 0 Å². The van der Waals surface area contributed by atoms with E-state index in [1.165, 1.54) is 0 Å². The molecule has 7 heteroatoms. The van der Waals surface area contributed by atoms with Crippen LogP contribution in [0.5, 0.6) is 0 Å². The molecule has 0 saturated heterocycles. The number of fused-ring (bicyclic) bond motifs is 1. The largest absolute Gasteiger partial charge is 0.366 e. The molecule has 1 amide bonds. The maximum absolute atomic E-state index is 14.8. The monoisotopic (exact) mass is 556 g/mol. The zero-order chi connectivity index (χ0) is 28.6. The molecular formula is C33H34ClFN4O. The van der Waals surface area contributed by atoms with Crippen LogP contribution in [0.25, 0.3) is 22.0 Å². The second-order valence-electron chi connectivity index (χ2n) is 9.86. The zero-order valence-electron chi connectivity index (χ0n) is 23.2. The Morgan fingerprint density at radius 2 is 1.85 bits per heavy atom. The lowest BCUT2D eigenvalue weighted by Crippen LogP contribution is -2.40. The number of amides is 1. The first-order valence-electron chi connectivity index (χ1n) is 13.8. The molecule has 4 rings (SSSR count). The van der Waals surface area contributed by atoms with Gasteiger partial charge in [-0.05, 0) is 78.8 Å². The second kappa shape index (κ2) is 13.4. The normalized spacial score (nSPS) is 13.3. The highest BCUT2D eigenvalue weighted by molar-refractivity contribution is 6.31. The van der Waals surface area contributed by atoms with Gasteiger partial charge in [0.1, 0.15) is 11.6 Å². The number of carbonyl (C=O) groups excluding carboxylic acids is 1. The summed E-state index contributed by atoms with van der Waals surface area (Å²) < 4.78 is 14.8. The Kier molecular flexibility index (Phi) is 9.74. The van der Waals surface area contributed by atoms with Crippen molar-refractivity contribution >= 4 is 34.2 Å². The average molecular weight is 557 g/mol. The molecule has 206 valence electrons. The minimum absolute atomic E-state index is 0.0447. The van der Waals surface area contributed by atoms with E-state index in [1.807, 2.05) is 41.3 Å². The quantitative estimate of drug-likeness (QED) is 0.271. The predicted molar refractivity (Wildman–Crippen MR) is 162 cm³/mol. The number of hydrogen-bond acceptors (Lipinski definition) is 4. The minimum atomic E-state index is -0.439. The van der Waals surface area contributed by atoms with E-state index >= 15 is 0 Å². The standard InChI is InChI=1S/C33H34ClFN4O/c1-4-17-39(26(5-2)6-3)33(40)28-19-31(37-21-25-9-7-8-10-29(34)32(25)35)38-30-16-15-24(18-27(28)30)23-13-11-22(20-36)12-14-23/h7-8,10-16,18-19,26H,4-6,9,17,21H2,1-3H3,(H,37,38). The number of nitriles is 1. The number of anilines is 1. The van der Waals surface area contributed by atoms with Gasteiger partial charge in [-0.15, -0.1) is 0 Å². The van der Waals surface area contributed by atoms with Gasteiger partial charge in [0.2, 0.25) is 0 Å². The Morgan fingerprint density at radius 1 is 1.12 bits per heavy atom. The molecule has 0 unspecified atom stereocenters. The Morgan fingerprint density at radius 3 is 2.52 bits per heavy atom. The fraction of sp³-hybridized carbons (Fsp3) is 0.303. The molecule has 0 bridgehead atoms. The van der Waals surface area contributed by atoms with Crippen LogP contribution in [0.15, 0.2) is 83.2 Å². The summed E-state index contributed by atoms with van der Waals surface area (Å²) in [5.74, 6) is 0.0134. The van der Waals surface area contributed by atoms with E-state index in [-0.39, 0.29) is 23.5 Å². The molecule has 1 heterocycles. The van der Waals surface area contributed by atoms with Gasteiger partial charge in [0.25, 0.3) is 5.91 Å². The van der Waals surface area contributed by atoms with Crippen molar-refractivity contribution in [3.05, 3.63) is 94.3 Å². The van der Waals surface area contributed by atoms with Gasteiger partial charge in [0.05, 0.1) is 27.7 Å². The van der Waals surface area contributed by atoms with E-state index in [4.69, 9.17) is 16.6 Å². The SMILES string of the molecule is CCCN(C(=O)c1cc(NCC2=C(F)C(Cl)=CC=CC2)nc2ccc(-c3ccc(C#N)cc3)cc12)C(CC)CC. The van der Waals surface area contributed by atoms with E-state index in [9.17, 15) is 14.4 Å². The Labute approximate surface area is 240 Å². The number of aromatic nitrogens is 1. The third-order valence-corrected chi connectivity index (χ3v) is 7.53. The van der Waals surface area contributed by atoms with E-state index in [0.717, 1.165) is 35.8 Å². The molecule has 1 aliphatic rings. The van der Waals surface area contributed by atoms with Crippen LogP contribution < -0.4 is 5.32 Å². The number of benzene rings is 2. The number of nitrogens with zero attached hydrogens (tertiary/aromatic N) is 3. The first-order valence-corrected chi connectivity index (χ1v) is 14.2. The van der Waals surface area contributed by atoms with E-state index in [2.05, 4.69) is 32.2 Å². The lowest BCUT2D eigenvalue weighted by atomic mass is 9.98. The highest BCUT2D eigenvalue weighted by atomic mass is 35.5. The summed E-state index contributed by atoms with van der Waals surface area (Å²) in [6, 6.07) is 17.3. The van der Waals surface area contributed by atoms with Gasteiger partial charge in [-0.25, -0.2) is 9.37 Å². The number of pyridine rings is 1. The molecule has 3 aromatic rings. The summed E-state index contributed by atoms with van der Waals surface area (Å²) in [6.45, 7) is 7.15. The molecule has 0 spiro atoms. The first-order chi connectivity index (χ1) is 19.4. The van der Waals surface area contributed by atoms with E-state index in [0.29, 0.717) is 41.0 Å². The van der Waals surface area contributed by atoms with Crippen LogP contribution in [0.3, 0.4) is 0 Å². The van der Waals surface area contributed by atoms with Crippen LogP contribution in [-0.2, 0) is 0 Å². The number of hydrogen-bond donors (Lipinski definition) is 1. The van der Waals surface area contributed by atoms with Crippen LogP contribution in [0.1, 0.15) is 62.4 Å². The minimum Gasteiger partial charge on any atom is -0.366 e. The molecular weight excluding hydrogens is 523 g/mol. The molecule has 40 heavy (non-hydrogen) atoms. The second-order valence-corrected chi connectivity index (χ2v) is 10.3. The Bertz CT molecular complexity index is 1510. The molecule has 5 nitrogen and oxygen atoms in total. The summed E-state index contributed by atoms with van der Waals surface area (Å²) in [5, 5.41) is 13.2. The fourth-order valence-electron chi connectivity index (χ4n) is 5.03. The molecule has 1 aromatic heterocycles. The van der Waals surface area contributed by atoms with Crippen molar-refractivity contribution in [3.8, 4) is 17.2 Å². The predicted octanol–water partition coefficient (Wildman–Crippen LogP) is 8.53. The van der Waals surface area contributed by atoms with Gasteiger partial charge in [-0.3, -0.25) is 4.79 Å². The van der Waals surface area contributed by atoms with Crippen LogP contribution in [-0.4, -0.2) is 34.9 Å². The van der Waals surface area contributed by atoms with Crippen LogP contribution in [0, 0.1) is 11.3 Å². The molecule has 0 saturated carbocycles. The van der Waals surface area contributed by atoms with Crippen LogP contribution >= 0.6 is 11.6 Å². The van der Waals surface area contributed by atoms with E-state index < -0.39 is 5.83 Å². The highest BCUT2D eigenvalue weighted by Gasteiger charge is 2.24. The summed E-state index contributed by atoms with van der Waals surface area (Å²) in [6.07, 6.45) is 8.15. The summed E-state index contributed by atoms with van der Waals surface area (Å²) in [4.78, 5) is 20.9. The summed E-state index contributed by atoms with van der Waals surface area (Å²) in [5.41, 5.74) is 4.20. The summed E-state index contributed by atoms with van der Waals surface area (Å²) in [7, 11) is 0. The molecule has 0 radical (unpaired) electrons. The van der Waals surface area contributed by atoms with Crippen molar-refractivity contribution in [1.29, 1.82) is 5.26 Å². The topological polar surface area (TPSA) is 69.0 Å². The van der Waals surface area contributed by atoms with Gasteiger partial charge in [0, 0.05) is 24.5 Å². The number of rotatable bonds is 10. The first kappa shape index (κ1) is 29.0. The lowest BCUT2D eigenvalue weighted by Gasteiger charge is -2.31. The molecule has 0 atom stereocenters. The molecule has 0 fully saturated rings. The zero-order valence-corrected chi connectivity index (χ0v) is 23.9. The number of allylic oxidation sites excluding steroid dienone is 5. The molecule has 1 aliphatic carbocycles. The Balaban J connectivity index is 1.80. The van der Waals surface area contributed by atoms with Crippen molar-refractivity contribution in [2.75, 3.05) is 18.4 Å². The molecule has 1 N–H and O–H groups in total. The molecule has 0 aliphatic heterocycles. The highest BCUT2D eigenvalue weighted by Crippen LogP contribution is 2.30. The van der Waals surface area contributed by atoms with Crippen molar-refractivity contribution in [3.63, 3.8) is 0 Å². The fourth-order valence-corrected chi connectivity index (χ4v) is 5.23.